The van der Waals surface area contributed by atoms with E-state index in [9.17, 15) is 0 Å². The highest BCUT2D eigenvalue weighted by atomic mass is 16.6. The van der Waals surface area contributed by atoms with Gasteiger partial charge in [-0.15, -0.1) is 0 Å². The summed E-state index contributed by atoms with van der Waals surface area (Å²) in [6, 6.07) is 10.2. The number of aliphatic imine (C=N–C) groups is 1. The molecule has 0 saturated carbocycles. The number of epoxide rings is 1. The molecule has 0 spiro atoms. The first kappa shape index (κ1) is 8.00. The van der Waals surface area contributed by atoms with Crippen molar-refractivity contribution in [2.75, 3.05) is 13.2 Å². The first-order valence-corrected chi connectivity index (χ1v) is 4.81. The minimum atomic E-state index is 0.213. The van der Waals surface area contributed by atoms with Crippen molar-refractivity contribution in [3.05, 3.63) is 35.9 Å². The summed E-state index contributed by atoms with van der Waals surface area (Å²) >= 11 is 0. The maximum atomic E-state index is 5.52. The Morgan fingerprint density at radius 3 is 2.64 bits per heavy atom. The molecule has 1 aromatic rings. The number of nitrogens with zero attached hydrogens (tertiary/aromatic N) is 1. The first-order chi connectivity index (χ1) is 6.93. The van der Waals surface area contributed by atoms with Gasteiger partial charge in [0.05, 0.1) is 6.61 Å². The molecular formula is C11H11NO2. The maximum absolute atomic E-state index is 5.52. The maximum Gasteiger partial charge on any atom is 0.216 e. The molecule has 72 valence electrons. The van der Waals surface area contributed by atoms with Crippen LogP contribution in [-0.4, -0.2) is 31.3 Å². The average molecular weight is 189 g/mol. The van der Waals surface area contributed by atoms with Crippen molar-refractivity contribution in [2.24, 2.45) is 4.99 Å². The minimum absolute atomic E-state index is 0.213. The SMILES string of the molecule is c1ccc(C2=N[C@H]([C@H]3CO3)CO2)cc1. The lowest BCUT2D eigenvalue weighted by molar-refractivity contribution is 0.284. The number of hydrogen-bond acceptors (Lipinski definition) is 3. The molecule has 0 N–H and O–H groups in total. The molecular weight excluding hydrogens is 178 g/mol. The Labute approximate surface area is 82.4 Å². The zero-order chi connectivity index (χ0) is 9.38. The fraction of sp³-hybridized carbons (Fsp3) is 0.364. The highest BCUT2D eigenvalue weighted by Gasteiger charge is 2.36. The molecule has 0 unspecified atom stereocenters. The first-order valence-electron chi connectivity index (χ1n) is 4.81. The zero-order valence-electron chi connectivity index (χ0n) is 7.72. The molecule has 0 amide bonds. The van der Waals surface area contributed by atoms with Gasteiger partial charge < -0.3 is 9.47 Å². The Morgan fingerprint density at radius 2 is 1.93 bits per heavy atom. The predicted molar refractivity (Wildman–Crippen MR) is 52.5 cm³/mol. The van der Waals surface area contributed by atoms with Crippen molar-refractivity contribution >= 4 is 5.90 Å². The molecule has 14 heavy (non-hydrogen) atoms. The molecule has 2 aliphatic rings. The van der Waals surface area contributed by atoms with E-state index in [1.807, 2.05) is 30.3 Å². The van der Waals surface area contributed by atoms with E-state index in [1.165, 1.54) is 0 Å². The van der Waals surface area contributed by atoms with E-state index in [1.54, 1.807) is 0 Å². The Hall–Kier alpha value is -1.35. The molecule has 3 heteroatoms. The second-order valence-electron chi connectivity index (χ2n) is 3.55. The van der Waals surface area contributed by atoms with Crippen molar-refractivity contribution in [3.63, 3.8) is 0 Å². The average Bonchev–Trinajstić information content (AvgIpc) is 2.98. The summed E-state index contributed by atoms with van der Waals surface area (Å²) in [5, 5.41) is 0. The zero-order valence-corrected chi connectivity index (χ0v) is 7.72. The summed E-state index contributed by atoms with van der Waals surface area (Å²) in [7, 11) is 0. The van der Waals surface area contributed by atoms with E-state index in [2.05, 4.69) is 4.99 Å². The molecule has 0 bridgehead atoms. The standard InChI is InChI=1S/C11H11NO2/c1-2-4-8(5-3-1)11-12-9(6-14-11)10-7-13-10/h1-5,9-10H,6-7H2/t9-,10+/m0/s1. The van der Waals surface area contributed by atoms with Gasteiger partial charge in [-0.05, 0) is 12.1 Å². The lowest BCUT2D eigenvalue weighted by Gasteiger charge is -1.99. The summed E-state index contributed by atoms with van der Waals surface area (Å²) in [6.45, 7) is 1.49. The van der Waals surface area contributed by atoms with Crippen LogP contribution in [-0.2, 0) is 9.47 Å². The Morgan fingerprint density at radius 1 is 1.14 bits per heavy atom. The molecule has 1 fully saturated rings. The van der Waals surface area contributed by atoms with E-state index in [4.69, 9.17) is 9.47 Å². The summed E-state index contributed by atoms with van der Waals surface area (Å²) < 4.78 is 10.7. The second kappa shape index (κ2) is 3.10. The van der Waals surface area contributed by atoms with Gasteiger partial charge in [0.1, 0.15) is 18.8 Å². The van der Waals surface area contributed by atoms with Crippen LogP contribution in [0.3, 0.4) is 0 Å². The molecule has 2 atom stereocenters. The van der Waals surface area contributed by atoms with Crippen LogP contribution in [0.1, 0.15) is 5.56 Å². The van der Waals surface area contributed by atoms with Gasteiger partial charge in [-0.1, -0.05) is 18.2 Å². The van der Waals surface area contributed by atoms with Gasteiger partial charge >= 0.3 is 0 Å². The molecule has 1 saturated heterocycles. The normalized spacial score (nSPS) is 29.6. The largest absolute Gasteiger partial charge is 0.475 e. The molecule has 0 radical (unpaired) electrons. The van der Waals surface area contributed by atoms with Gasteiger partial charge in [-0.2, -0.15) is 0 Å². The lowest BCUT2D eigenvalue weighted by Crippen LogP contribution is -2.13. The van der Waals surface area contributed by atoms with Crippen molar-refractivity contribution in [1.29, 1.82) is 0 Å². The third-order valence-corrected chi connectivity index (χ3v) is 2.48. The Bertz CT molecular complexity index is 357. The van der Waals surface area contributed by atoms with E-state index < -0.39 is 0 Å². The van der Waals surface area contributed by atoms with Crippen molar-refractivity contribution in [2.45, 2.75) is 12.1 Å². The quantitative estimate of drug-likeness (QED) is 0.656. The van der Waals surface area contributed by atoms with E-state index in [0.29, 0.717) is 12.7 Å². The molecule has 2 aliphatic heterocycles. The number of benzene rings is 1. The van der Waals surface area contributed by atoms with Crippen LogP contribution in [0.15, 0.2) is 35.3 Å². The Balaban J connectivity index is 1.83. The van der Waals surface area contributed by atoms with Gasteiger partial charge in [-0.25, -0.2) is 4.99 Å². The minimum Gasteiger partial charge on any atom is -0.475 e. The number of hydrogen-bond donors (Lipinski definition) is 0. The second-order valence-corrected chi connectivity index (χ2v) is 3.55. The lowest BCUT2D eigenvalue weighted by atomic mass is 10.2. The summed E-state index contributed by atoms with van der Waals surface area (Å²) in [5.74, 6) is 0.756. The highest BCUT2D eigenvalue weighted by Crippen LogP contribution is 2.22. The van der Waals surface area contributed by atoms with E-state index >= 15 is 0 Å². The van der Waals surface area contributed by atoms with Crippen molar-refractivity contribution in [3.8, 4) is 0 Å². The van der Waals surface area contributed by atoms with Gasteiger partial charge in [0.2, 0.25) is 5.90 Å². The summed E-state index contributed by atoms with van der Waals surface area (Å²) in [4.78, 5) is 4.49. The van der Waals surface area contributed by atoms with Crippen LogP contribution in [0.25, 0.3) is 0 Å². The van der Waals surface area contributed by atoms with Gasteiger partial charge in [0.25, 0.3) is 0 Å². The van der Waals surface area contributed by atoms with Gasteiger partial charge in [0, 0.05) is 5.56 Å². The number of rotatable bonds is 2. The van der Waals surface area contributed by atoms with Crippen LogP contribution in [0.4, 0.5) is 0 Å². The van der Waals surface area contributed by atoms with Crippen LogP contribution in [0, 0.1) is 0 Å². The topological polar surface area (TPSA) is 34.1 Å². The van der Waals surface area contributed by atoms with Crippen LogP contribution in [0.5, 0.6) is 0 Å². The van der Waals surface area contributed by atoms with Crippen molar-refractivity contribution < 1.29 is 9.47 Å². The fourth-order valence-electron chi connectivity index (χ4n) is 1.60. The summed E-state index contributed by atoms with van der Waals surface area (Å²) in [6.07, 6.45) is 0.302. The monoisotopic (exact) mass is 189 g/mol. The third kappa shape index (κ3) is 1.40. The molecule has 2 heterocycles. The molecule has 3 rings (SSSR count). The van der Waals surface area contributed by atoms with Gasteiger partial charge in [-0.3, -0.25) is 0 Å². The molecule has 3 nitrogen and oxygen atoms in total. The van der Waals surface area contributed by atoms with E-state index in [-0.39, 0.29) is 6.04 Å². The Kier molecular flexibility index (Phi) is 1.77. The molecule has 0 aliphatic carbocycles. The van der Waals surface area contributed by atoms with Crippen molar-refractivity contribution in [1.82, 2.24) is 0 Å². The van der Waals surface area contributed by atoms with Crippen LogP contribution < -0.4 is 0 Å². The third-order valence-electron chi connectivity index (χ3n) is 2.48. The van der Waals surface area contributed by atoms with Gasteiger partial charge in [0.15, 0.2) is 0 Å². The number of ether oxygens (including phenoxy) is 2. The van der Waals surface area contributed by atoms with E-state index in [0.717, 1.165) is 18.1 Å². The van der Waals surface area contributed by atoms with Crippen LogP contribution in [0.2, 0.25) is 0 Å². The predicted octanol–water partition coefficient (Wildman–Crippen LogP) is 1.23. The molecule has 0 aromatic heterocycles. The molecule has 1 aromatic carbocycles. The fourth-order valence-corrected chi connectivity index (χ4v) is 1.60. The summed E-state index contributed by atoms with van der Waals surface area (Å²) in [5.41, 5.74) is 1.05. The highest BCUT2D eigenvalue weighted by molar-refractivity contribution is 5.95. The van der Waals surface area contributed by atoms with Crippen LogP contribution >= 0.6 is 0 Å². The smallest absolute Gasteiger partial charge is 0.216 e.